The minimum absolute atomic E-state index is 0.00835. The van der Waals surface area contributed by atoms with Crippen LogP contribution in [0.4, 0.5) is 5.00 Å². The molecular formula is C13H19N3O2S. The van der Waals surface area contributed by atoms with E-state index in [1.165, 1.54) is 11.5 Å². The fourth-order valence-corrected chi connectivity index (χ4v) is 3.02. The summed E-state index contributed by atoms with van der Waals surface area (Å²) in [6.45, 7) is 8.58. The van der Waals surface area contributed by atoms with Crippen LogP contribution in [0.2, 0.25) is 0 Å². The first-order valence-corrected chi connectivity index (χ1v) is 7.08. The number of aromatic nitrogens is 1. The fourth-order valence-electron chi connectivity index (χ4n) is 2.35. The lowest BCUT2D eigenvalue weighted by Gasteiger charge is -2.29. The summed E-state index contributed by atoms with van der Waals surface area (Å²) in [5.41, 5.74) is 0.772. The van der Waals surface area contributed by atoms with Crippen LogP contribution >= 0.6 is 11.5 Å². The van der Waals surface area contributed by atoms with E-state index >= 15 is 0 Å². The van der Waals surface area contributed by atoms with Gasteiger partial charge in [-0.05, 0) is 29.9 Å². The maximum absolute atomic E-state index is 12.3. The number of aryl methyl sites for hydroxylation is 1. The van der Waals surface area contributed by atoms with Gasteiger partial charge in [-0.25, -0.2) is 0 Å². The van der Waals surface area contributed by atoms with Gasteiger partial charge in [0.1, 0.15) is 10.9 Å². The van der Waals surface area contributed by atoms with E-state index < -0.39 is 5.92 Å². The average molecular weight is 281 g/mol. The highest BCUT2D eigenvalue weighted by Crippen LogP contribution is 2.35. The number of hydrogen-bond donors (Lipinski definition) is 2. The third-order valence-corrected chi connectivity index (χ3v) is 4.25. The van der Waals surface area contributed by atoms with Crippen LogP contribution in [0.25, 0.3) is 0 Å². The summed E-state index contributed by atoms with van der Waals surface area (Å²) in [6, 6.07) is 1.81. The Balaban J connectivity index is 2.14. The van der Waals surface area contributed by atoms with E-state index in [-0.39, 0.29) is 23.1 Å². The van der Waals surface area contributed by atoms with Crippen molar-refractivity contribution in [3.05, 3.63) is 11.8 Å². The predicted molar refractivity (Wildman–Crippen MR) is 74.9 cm³/mol. The SMILES string of the molecule is Cc1cc(NC(=O)C2C(=O)NCC2C(C)(C)C)sn1. The first-order chi connectivity index (χ1) is 8.79. The van der Waals surface area contributed by atoms with Crippen LogP contribution < -0.4 is 10.6 Å². The Bertz CT molecular complexity index is 504. The molecule has 0 radical (unpaired) electrons. The van der Waals surface area contributed by atoms with Crippen molar-refractivity contribution in [3.63, 3.8) is 0 Å². The summed E-state index contributed by atoms with van der Waals surface area (Å²) in [4.78, 5) is 24.2. The number of hydrogen-bond acceptors (Lipinski definition) is 4. The summed E-state index contributed by atoms with van der Waals surface area (Å²) in [5.74, 6) is -1.03. The number of anilines is 1. The van der Waals surface area contributed by atoms with Crippen molar-refractivity contribution in [1.82, 2.24) is 9.69 Å². The molecule has 2 unspecified atom stereocenters. The number of carbonyl (C=O) groups is 2. The third kappa shape index (κ3) is 2.94. The quantitative estimate of drug-likeness (QED) is 0.812. The molecule has 0 bridgehead atoms. The Morgan fingerprint density at radius 1 is 1.53 bits per heavy atom. The first kappa shape index (κ1) is 14.0. The molecule has 6 heteroatoms. The Kier molecular flexibility index (Phi) is 3.62. The van der Waals surface area contributed by atoms with Crippen molar-refractivity contribution < 1.29 is 9.59 Å². The van der Waals surface area contributed by atoms with E-state index in [4.69, 9.17) is 0 Å². The highest BCUT2D eigenvalue weighted by atomic mass is 32.1. The molecule has 1 aromatic heterocycles. The highest BCUT2D eigenvalue weighted by Gasteiger charge is 2.45. The van der Waals surface area contributed by atoms with Crippen molar-refractivity contribution in [2.45, 2.75) is 27.7 Å². The maximum atomic E-state index is 12.3. The van der Waals surface area contributed by atoms with Crippen LogP contribution in [0, 0.1) is 24.2 Å². The van der Waals surface area contributed by atoms with Gasteiger partial charge in [0.25, 0.3) is 0 Å². The predicted octanol–water partition coefficient (Wildman–Crippen LogP) is 1.80. The second kappa shape index (κ2) is 4.92. The summed E-state index contributed by atoms with van der Waals surface area (Å²) in [7, 11) is 0. The van der Waals surface area contributed by atoms with Crippen molar-refractivity contribution in [3.8, 4) is 0 Å². The summed E-state index contributed by atoms with van der Waals surface area (Å²) < 4.78 is 4.11. The average Bonchev–Trinajstić information content (AvgIpc) is 2.84. The second-order valence-electron chi connectivity index (χ2n) is 6.02. The van der Waals surface area contributed by atoms with Gasteiger partial charge in [0.2, 0.25) is 11.8 Å². The van der Waals surface area contributed by atoms with E-state index in [1.54, 1.807) is 0 Å². The molecule has 2 N–H and O–H groups in total. The topological polar surface area (TPSA) is 71.1 Å². The molecule has 0 spiro atoms. The van der Waals surface area contributed by atoms with Gasteiger partial charge in [-0.15, -0.1) is 0 Å². The van der Waals surface area contributed by atoms with Crippen LogP contribution in [0.1, 0.15) is 26.5 Å². The molecule has 1 saturated heterocycles. The zero-order chi connectivity index (χ0) is 14.2. The molecule has 2 amide bonds. The molecule has 2 atom stereocenters. The Hall–Kier alpha value is -1.43. The van der Waals surface area contributed by atoms with Gasteiger partial charge in [-0.2, -0.15) is 4.37 Å². The molecule has 2 rings (SSSR count). The number of nitrogens with one attached hydrogen (secondary N) is 2. The van der Waals surface area contributed by atoms with Gasteiger partial charge in [0.15, 0.2) is 0 Å². The number of carbonyl (C=O) groups excluding carboxylic acids is 2. The number of amides is 2. The van der Waals surface area contributed by atoms with E-state index in [0.717, 1.165) is 5.69 Å². The molecule has 5 nitrogen and oxygen atoms in total. The molecule has 104 valence electrons. The van der Waals surface area contributed by atoms with Crippen LogP contribution in [-0.4, -0.2) is 22.7 Å². The van der Waals surface area contributed by atoms with Crippen molar-refractivity contribution in [2.75, 3.05) is 11.9 Å². The molecule has 0 saturated carbocycles. The van der Waals surface area contributed by atoms with E-state index in [0.29, 0.717) is 11.5 Å². The zero-order valence-corrected chi connectivity index (χ0v) is 12.4. The van der Waals surface area contributed by atoms with Gasteiger partial charge in [-0.1, -0.05) is 20.8 Å². The van der Waals surface area contributed by atoms with Gasteiger partial charge >= 0.3 is 0 Å². The molecule has 1 aliphatic rings. The van der Waals surface area contributed by atoms with Gasteiger partial charge < -0.3 is 10.6 Å². The molecule has 0 aromatic carbocycles. The first-order valence-electron chi connectivity index (χ1n) is 6.31. The summed E-state index contributed by atoms with van der Waals surface area (Å²) in [6.07, 6.45) is 0. The van der Waals surface area contributed by atoms with Crippen LogP contribution in [0.3, 0.4) is 0 Å². The second-order valence-corrected chi connectivity index (χ2v) is 6.82. The van der Waals surface area contributed by atoms with Gasteiger partial charge in [0, 0.05) is 12.5 Å². The third-order valence-electron chi connectivity index (χ3n) is 3.45. The molecule has 1 fully saturated rings. The smallest absolute Gasteiger partial charge is 0.237 e. The summed E-state index contributed by atoms with van der Waals surface area (Å²) in [5, 5.41) is 6.27. The number of nitrogens with zero attached hydrogens (tertiary/aromatic N) is 1. The van der Waals surface area contributed by atoms with Gasteiger partial charge in [0.05, 0.1) is 5.69 Å². The molecule has 2 heterocycles. The van der Waals surface area contributed by atoms with Crippen LogP contribution in [0.15, 0.2) is 6.07 Å². The van der Waals surface area contributed by atoms with Crippen LogP contribution in [0.5, 0.6) is 0 Å². The summed E-state index contributed by atoms with van der Waals surface area (Å²) >= 11 is 1.23. The molecule has 19 heavy (non-hydrogen) atoms. The zero-order valence-electron chi connectivity index (χ0n) is 11.6. The fraction of sp³-hybridized carbons (Fsp3) is 0.615. The molecule has 1 aliphatic heterocycles. The molecule has 0 aliphatic carbocycles. The standard InChI is InChI=1S/C13H19N3O2S/c1-7-5-9(19-16-7)15-12(18)10-8(13(2,3)4)6-14-11(10)17/h5,8,10H,6H2,1-4H3,(H,14,17)(H,15,18). The largest absolute Gasteiger partial charge is 0.355 e. The van der Waals surface area contributed by atoms with E-state index in [9.17, 15) is 9.59 Å². The normalized spacial score (nSPS) is 23.3. The Morgan fingerprint density at radius 2 is 2.21 bits per heavy atom. The minimum Gasteiger partial charge on any atom is -0.355 e. The van der Waals surface area contributed by atoms with Crippen molar-refractivity contribution in [1.29, 1.82) is 0 Å². The lowest BCUT2D eigenvalue weighted by molar-refractivity contribution is -0.132. The van der Waals surface area contributed by atoms with Crippen LogP contribution in [-0.2, 0) is 9.59 Å². The molecule has 1 aromatic rings. The van der Waals surface area contributed by atoms with E-state index in [1.807, 2.05) is 13.0 Å². The Morgan fingerprint density at radius 3 is 2.74 bits per heavy atom. The van der Waals surface area contributed by atoms with Gasteiger partial charge in [-0.3, -0.25) is 9.59 Å². The highest BCUT2D eigenvalue weighted by molar-refractivity contribution is 7.10. The maximum Gasteiger partial charge on any atom is 0.237 e. The van der Waals surface area contributed by atoms with E-state index in [2.05, 4.69) is 35.8 Å². The monoisotopic (exact) mass is 281 g/mol. The van der Waals surface area contributed by atoms with Crippen molar-refractivity contribution >= 4 is 28.3 Å². The molecular weight excluding hydrogens is 262 g/mol. The minimum atomic E-state index is -0.623. The Labute approximate surface area is 116 Å². The lowest BCUT2D eigenvalue weighted by atomic mass is 9.74. The van der Waals surface area contributed by atoms with Crippen molar-refractivity contribution in [2.24, 2.45) is 17.3 Å². The number of rotatable bonds is 2. The lowest BCUT2D eigenvalue weighted by Crippen LogP contribution is -2.37.